The molecule has 0 aliphatic heterocycles. The Bertz CT molecular complexity index is 4710. The number of nitrogens with zero attached hydrogens (tertiary/aromatic N) is 2. The fraction of sp³-hybridized carbons (Fsp3) is 0. The van der Waals surface area contributed by atoms with Gasteiger partial charge in [-0.3, -0.25) is 5.41 Å². The zero-order valence-corrected chi connectivity index (χ0v) is 38.0. The maximum absolute atomic E-state index is 9.66. The third-order valence-corrected chi connectivity index (χ3v) is 16.5. The fourth-order valence-corrected chi connectivity index (χ4v) is 13.4. The molecule has 2 N–H and O–H groups in total. The number of aromatic amines is 1. The number of fused-ring (bicyclic) bond motifs is 16. The first-order valence-corrected chi connectivity index (χ1v) is 24.5. The van der Waals surface area contributed by atoms with Gasteiger partial charge in [0.1, 0.15) is 0 Å². The topological polar surface area (TPSA) is 56.9 Å². The second kappa shape index (κ2) is 14.3. The van der Waals surface area contributed by atoms with Crippen molar-refractivity contribution in [2.75, 3.05) is 0 Å². The Kier molecular flexibility index (Phi) is 7.94. The van der Waals surface area contributed by atoms with Crippen LogP contribution in [-0.2, 0) is 0 Å². The van der Waals surface area contributed by atoms with Crippen molar-refractivity contribution in [3.05, 3.63) is 211 Å². The van der Waals surface area contributed by atoms with Crippen molar-refractivity contribution in [3.8, 4) is 16.8 Å². The molecule has 0 unspecified atom stereocenters. The number of hydrogen-bond donors (Lipinski definition) is 2. The van der Waals surface area contributed by atoms with Crippen molar-refractivity contribution in [2.24, 2.45) is 4.99 Å². The third kappa shape index (κ3) is 5.59. The highest BCUT2D eigenvalue weighted by Gasteiger charge is 2.22. The van der Waals surface area contributed by atoms with E-state index in [0.29, 0.717) is 0 Å². The Morgan fingerprint density at radius 2 is 1.16 bits per heavy atom. The van der Waals surface area contributed by atoms with Crippen molar-refractivity contribution in [1.29, 1.82) is 5.41 Å². The van der Waals surface area contributed by atoms with Crippen LogP contribution in [0.25, 0.3) is 133 Å². The van der Waals surface area contributed by atoms with Crippen LogP contribution in [0.4, 0.5) is 0 Å². The van der Waals surface area contributed by atoms with E-state index in [1.807, 2.05) is 17.6 Å². The van der Waals surface area contributed by atoms with Crippen LogP contribution in [0, 0.1) is 5.41 Å². The van der Waals surface area contributed by atoms with Gasteiger partial charge in [-0.2, -0.15) is 0 Å². The zero-order chi connectivity index (χ0) is 44.6. The van der Waals surface area contributed by atoms with Gasteiger partial charge in [0.05, 0.1) is 16.7 Å². The molecule has 0 aliphatic carbocycles. The molecule has 316 valence electrons. The summed E-state index contributed by atoms with van der Waals surface area (Å²) in [6.45, 7) is 0. The van der Waals surface area contributed by atoms with Gasteiger partial charge >= 0.3 is 0 Å². The maximum Gasteiger partial charge on any atom is 0.151 e. The Balaban J connectivity index is 0.995. The fourth-order valence-electron chi connectivity index (χ4n) is 11.0. The molecule has 4 heterocycles. The molecule has 11 aromatic carbocycles. The standard InChI is InChI=1S/C62H36N4S2/c63-62(64-34-35-20-25-58-51(26-35)46-16-6-8-19-57(46)67-58)41-31-56(60-47-24-21-36-10-3-4-14-43(36)61(47)68-59(60)32-41)66-54-30-38-12-2-1-11-37(38)27-49(54)50-28-39-13-9-17-42(48(39)33-55(50)66)40-22-23-45-44-15-5-7-18-52(44)65-53(45)29-40/h1-34,63,65H. The molecule has 0 bridgehead atoms. The van der Waals surface area contributed by atoms with E-state index >= 15 is 0 Å². The molecular formula is C62H36N4S2. The highest BCUT2D eigenvalue weighted by Crippen LogP contribution is 2.46. The first kappa shape index (κ1) is 37.8. The van der Waals surface area contributed by atoms with Crippen molar-refractivity contribution in [2.45, 2.75) is 0 Å². The van der Waals surface area contributed by atoms with E-state index in [-0.39, 0.29) is 5.84 Å². The number of rotatable bonds is 4. The Hall–Kier alpha value is -8.42. The molecule has 15 rings (SSSR count). The average molecular weight is 901 g/mol. The lowest BCUT2D eigenvalue weighted by atomic mass is 9.96. The van der Waals surface area contributed by atoms with E-state index < -0.39 is 0 Å². The summed E-state index contributed by atoms with van der Waals surface area (Å²) in [5.74, 6) is 0.220. The number of aliphatic imine (C=N–C) groups is 1. The van der Waals surface area contributed by atoms with Crippen molar-refractivity contribution in [1.82, 2.24) is 9.55 Å². The van der Waals surface area contributed by atoms with Gasteiger partial charge in [-0.25, -0.2) is 4.99 Å². The predicted molar refractivity (Wildman–Crippen MR) is 295 cm³/mol. The van der Waals surface area contributed by atoms with Crippen LogP contribution in [0.3, 0.4) is 0 Å². The normalized spacial score (nSPS) is 12.4. The second-order valence-electron chi connectivity index (χ2n) is 18.0. The Morgan fingerprint density at radius 3 is 2.06 bits per heavy atom. The molecule has 68 heavy (non-hydrogen) atoms. The van der Waals surface area contributed by atoms with E-state index in [4.69, 9.17) is 4.99 Å². The number of hydrogen-bond acceptors (Lipinski definition) is 3. The smallest absolute Gasteiger partial charge is 0.151 e. The molecular weight excluding hydrogens is 865 g/mol. The lowest BCUT2D eigenvalue weighted by Crippen LogP contribution is -2.01. The van der Waals surface area contributed by atoms with Gasteiger partial charge in [-0.05, 0) is 116 Å². The predicted octanol–water partition coefficient (Wildman–Crippen LogP) is 17.7. The minimum absolute atomic E-state index is 0.220. The lowest BCUT2D eigenvalue weighted by Gasteiger charge is -2.14. The van der Waals surface area contributed by atoms with E-state index in [1.54, 1.807) is 11.3 Å². The molecule has 0 spiro atoms. The van der Waals surface area contributed by atoms with E-state index in [1.165, 1.54) is 101 Å². The van der Waals surface area contributed by atoms with Crippen LogP contribution < -0.4 is 0 Å². The summed E-state index contributed by atoms with van der Waals surface area (Å²) < 4.78 is 7.37. The molecule has 0 aliphatic rings. The van der Waals surface area contributed by atoms with Crippen LogP contribution in [0.2, 0.25) is 0 Å². The van der Waals surface area contributed by atoms with Crippen LogP contribution in [-0.4, -0.2) is 21.6 Å². The largest absolute Gasteiger partial charge is 0.354 e. The molecule has 0 saturated heterocycles. The van der Waals surface area contributed by atoms with Crippen LogP contribution in [0.1, 0.15) is 11.1 Å². The number of benzene rings is 11. The lowest BCUT2D eigenvalue weighted by molar-refractivity contribution is 1.20. The number of thiophene rings is 2. The van der Waals surface area contributed by atoms with Gasteiger partial charge in [-0.15, -0.1) is 22.7 Å². The first-order chi connectivity index (χ1) is 33.6. The third-order valence-electron chi connectivity index (χ3n) is 14.1. The van der Waals surface area contributed by atoms with Gasteiger partial charge in [-0.1, -0.05) is 133 Å². The molecule has 6 heteroatoms. The van der Waals surface area contributed by atoms with Crippen molar-refractivity contribution in [3.63, 3.8) is 0 Å². The number of nitrogens with one attached hydrogen (secondary N) is 2. The SMILES string of the molecule is N=C(N=Cc1ccc2sc3ccccc3c2c1)c1cc(-n2c3cc4ccccc4cc3c3cc4cccc(-c5ccc6c(c5)[nH]c5ccccc56)c4cc32)c2c(c1)sc1c3ccccc3ccc12. The van der Waals surface area contributed by atoms with Gasteiger partial charge < -0.3 is 9.55 Å². The summed E-state index contributed by atoms with van der Waals surface area (Å²) in [6, 6.07) is 73.0. The highest BCUT2D eigenvalue weighted by molar-refractivity contribution is 7.27. The number of para-hydroxylation sites is 1. The monoisotopic (exact) mass is 900 g/mol. The number of H-pyrrole nitrogens is 1. The van der Waals surface area contributed by atoms with Crippen LogP contribution in [0.5, 0.6) is 0 Å². The Labute approximate surface area is 396 Å². The molecule has 0 radical (unpaired) electrons. The van der Waals surface area contributed by atoms with Gasteiger partial charge in [0.2, 0.25) is 0 Å². The molecule has 0 atom stereocenters. The van der Waals surface area contributed by atoms with E-state index in [9.17, 15) is 5.41 Å². The summed E-state index contributed by atoms with van der Waals surface area (Å²) in [4.78, 5) is 8.60. The van der Waals surface area contributed by atoms with Crippen LogP contribution in [0.15, 0.2) is 205 Å². The number of aromatic nitrogens is 2. The van der Waals surface area contributed by atoms with Gasteiger partial charge in [0.25, 0.3) is 0 Å². The van der Waals surface area contributed by atoms with E-state index in [2.05, 4.69) is 210 Å². The maximum atomic E-state index is 9.66. The Morgan fingerprint density at radius 1 is 0.456 bits per heavy atom. The van der Waals surface area contributed by atoms with Gasteiger partial charge in [0, 0.05) is 84.7 Å². The summed E-state index contributed by atoms with van der Waals surface area (Å²) in [5.41, 5.74) is 9.65. The quantitative estimate of drug-likeness (QED) is 0.131. The molecule has 0 amide bonds. The van der Waals surface area contributed by atoms with E-state index in [0.717, 1.165) is 43.6 Å². The molecule has 4 aromatic heterocycles. The minimum atomic E-state index is 0.220. The van der Waals surface area contributed by atoms with Crippen molar-refractivity contribution < 1.29 is 0 Å². The summed E-state index contributed by atoms with van der Waals surface area (Å²) in [6.07, 6.45) is 1.85. The van der Waals surface area contributed by atoms with Crippen molar-refractivity contribution >= 4 is 151 Å². The molecule has 0 saturated carbocycles. The summed E-state index contributed by atoms with van der Waals surface area (Å²) in [5, 5.41) is 26.6. The second-order valence-corrected chi connectivity index (χ2v) is 20.1. The van der Waals surface area contributed by atoms with Crippen LogP contribution >= 0.6 is 22.7 Å². The molecule has 0 fully saturated rings. The van der Waals surface area contributed by atoms with Gasteiger partial charge in [0.15, 0.2) is 5.84 Å². The summed E-state index contributed by atoms with van der Waals surface area (Å²) >= 11 is 3.61. The number of amidine groups is 1. The highest BCUT2D eigenvalue weighted by atomic mass is 32.1. The minimum Gasteiger partial charge on any atom is -0.354 e. The summed E-state index contributed by atoms with van der Waals surface area (Å²) in [7, 11) is 0. The molecule has 4 nitrogen and oxygen atoms in total. The average Bonchev–Trinajstić information content (AvgIpc) is 4.14. The zero-order valence-electron chi connectivity index (χ0n) is 36.3. The molecule has 15 aromatic rings. The first-order valence-electron chi connectivity index (χ1n) is 22.9.